The molecule has 0 spiro atoms. The number of nitrogens with zero attached hydrogens (tertiary/aromatic N) is 1. The number of ether oxygens (including phenoxy) is 1. The van der Waals surface area contributed by atoms with Crippen molar-refractivity contribution in [2.75, 3.05) is 19.7 Å². The summed E-state index contributed by atoms with van der Waals surface area (Å²) in [5, 5.41) is 9.60. The number of aliphatic hydroxyl groups is 1. The van der Waals surface area contributed by atoms with Gasteiger partial charge in [0, 0.05) is 18.7 Å². The molecule has 1 amide bonds. The highest BCUT2D eigenvalue weighted by molar-refractivity contribution is 5.77. The van der Waals surface area contributed by atoms with Gasteiger partial charge in [-0.1, -0.05) is 0 Å². The van der Waals surface area contributed by atoms with E-state index in [1.807, 2.05) is 0 Å². The molecule has 5 heteroatoms. The Hall–Kier alpha value is -1.62. The Kier molecular flexibility index (Phi) is 4.95. The van der Waals surface area contributed by atoms with Gasteiger partial charge in [0.1, 0.15) is 11.6 Å². The zero-order valence-corrected chi connectivity index (χ0v) is 11.6. The number of rotatable bonds is 4. The maximum Gasteiger partial charge on any atom is 0.260 e. The molecular formula is C15H20FNO3. The second-order valence-electron chi connectivity index (χ2n) is 5.09. The smallest absolute Gasteiger partial charge is 0.260 e. The monoisotopic (exact) mass is 281 g/mol. The average Bonchev–Trinajstić information content (AvgIpc) is 2.46. The summed E-state index contributed by atoms with van der Waals surface area (Å²) in [5.74, 6) is -0.145. The second kappa shape index (κ2) is 6.70. The van der Waals surface area contributed by atoms with Crippen LogP contribution in [0.2, 0.25) is 0 Å². The second-order valence-corrected chi connectivity index (χ2v) is 5.09. The molecule has 1 aliphatic rings. The number of carbonyl (C=O) groups excluding carboxylic acids is 1. The van der Waals surface area contributed by atoms with Gasteiger partial charge in [0.15, 0.2) is 6.61 Å². The third kappa shape index (κ3) is 3.70. The Labute approximate surface area is 118 Å². The summed E-state index contributed by atoms with van der Waals surface area (Å²) in [7, 11) is 0. The van der Waals surface area contributed by atoms with Crippen LogP contribution in [-0.4, -0.2) is 35.6 Å². The highest BCUT2D eigenvalue weighted by Gasteiger charge is 2.18. The number of benzene rings is 1. The van der Waals surface area contributed by atoms with E-state index in [0.717, 1.165) is 32.4 Å². The van der Waals surface area contributed by atoms with Crippen molar-refractivity contribution in [3.8, 4) is 5.75 Å². The Bertz CT molecular complexity index is 470. The first kappa shape index (κ1) is 14.8. The first-order valence-corrected chi connectivity index (χ1v) is 6.96. The molecule has 1 aromatic carbocycles. The quantitative estimate of drug-likeness (QED) is 0.921. The van der Waals surface area contributed by atoms with Gasteiger partial charge in [-0.25, -0.2) is 4.39 Å². The lowest BCUT2D eigenvalue weighted by Crippen LogP contribution is -2.38. The fourth-order valence-electron chi connectivity index (χ4n) is 2.35. The number of hydrogen-bond acceptors (Lipinski definition) is 3. The lowest BCUT2D eigenvalue weighted by Gasteiger charge is -2.26. The molecule has 0 unspecified atom stereocenters. The van der Waals surface area contributed by atoms with Gasteiger partial charge >= 0.3 is 0 Å². The van der Waals surface area contributed by atoms with Crippen molar-refractivity contribution < 1.29 is 19.0 Å². The molecule has 0 saturated carbocycles. The topological polar surface area (TPSA) is 49.8 Å². The third-order valence-electron chi connectivity index (χ3n) is 3.48. The third-order valence-corrected chi connectivity index (χ3v) is 3.48. The van der Waals surface area contributed by atoms with Gasteiger partial charge in [-0.05, 0) is 44.4 Å². The minimum Gasteiger partial charge on any atom is -0.483 e. The molecule has 20 heavy (non-hydrogen) atoms. The van der Waals surface area contributed by atoms with E-state index in [2.05, 4.69) is 0 Å². The molecule has 1 heterocycles. The molecule has 0 radical (unpaired) electrons. The molecule has 4 nitrogen and oxygen atoms in total. The zero-order valence-electron chi connectivity index (χ0n) is 11.6. The van der Waals surface area contributed by atoms with Crippen molar-refractivity contribution in [3.05, 3.63) is 29.6 Å². The predicted octanol–water partition coefficient (Wildman–Crippen LogP) is 2.27. The molecular weight excluding hydrogens is 261 g/mol. The number of hydrogen-bond donors (Lipinski definition) is 1. The Morgan fingerprint density at radius 1 is 1.40 bits per heavy atom. The molecule has 0 aromatic heterocycles. The largest absolute Gasteiger partial charge is 0.483 e. The van der Waals surface area contributed by atoms with Gasteiger partial charge in [0.05, 0.1) is 6.10 Å². The first-order chi connectivity index (χ1) is 9.58. The standard InChI is InChI=1S/C15H20FNO3/c1-11(18)13-9-12(16)5-6-14(13)20-10-15(19)17-7-3-2-4-8-17/h5-6,9,11,18H,2-4,7-8,10H2,1H3/t11-/m1/s1. The van der Waals surface area contributed by atoms with E-state index in [-0.39, 0.29) is 12.5 Å². The first-order valence-electron chi connectivity index (χ1n) is 6.96. The lowest BCUT2D eigenvalue weighted by atomic mass is 10.1. The van der Waals surface area contributed by atoms with Crippen LogP contribution in [0.25, 0.3) is 0 Å². The molecule has 1 fully saturated rings. The van der Waals surface area contributed by atoms with Crippen LogP contribution in [0.15, 0.2) is 18.2 Å². The van der Waals surface area contributed by atoms with Crippen molar-refractivity contribution in [2.24, 2.45) is 0 Å². The van der Waals surface area contributed by atoms with Gasteiger partial charge in [0.2, 0.25) is 0 Å². The number of piperidine rings is 1. The molecule has 2 rings (SSSR count). The Morgan fingerprint density at radius 3 is 2.75 bits per heavy atom. The van der Waals surface area contributed by atoms with Crippen molar-refractivity contribution in [3.63, 3.8) is 0 Å². The minimum absolute atomic E-state index is 0.0643. The number of halogens is 1. The molecule has 1 saturated heterocycles. The van der Waals surface area contributed by atoms with E-state index in [1.165, 1.54) is 25.1 Å². The average molecular weight is 281 g/mol. The number of likely N-dealkylation sites (tertiary alicyclic amines) is 1. The Balaban J connectivity index is 1.98. The summed E-state index contributed by atoms with van der Waals surface area (Å²) in [4.78, 5) is 13.8. The summed E-state index contributed by atoms with van der Waals surface area (Å²) < 4.78 is 18.6. The summed E-state index contributed by atoms with van der Waals surface area (Å²) in [6.45, 7) is 3.00. The van der Waals surface area contributed by atoms with Crippen molar-refractivity contribution in [2.45, 2.75) is 32.3 Å². The molecule has 110 valence electrons. The summed E-state index contributed by atoms with van der Waals surface area (Å²) >= 11 is 0. The maximum absolute atomic E-state index is 13.2. The number of aliphatic hydroxyl groups excluding tert-OH is 1. The number of amides is 1. The van der Waals surface area contributed by atoms with Crippen molar-refractivity contribution >= 4 is 5.91 Å². The van der Waals surface area contributed by atoms with Gasteiger partial charge in [0.25, 0.3) is 5.91 Å². The Morgan fingerprint density at radius 2 is 2.10 bits per heavy atom. The van der Waals surface area contributed by atoms with E-state index in [4.69, 9.17) is 4.74 Å². The fraction of sp³-hybridized carbons (Fsp3) is 0.533. The number of carbonyl (C=O) groups is 1. The van der Waals surface area contributed by atoms with E-state index in [9.17, 15) is 14.3 Å². The van der Waals surface area contributed by atoms with Crippen LogP contribution in [0, 0.1) is 5.82 Å². The maximum atomic E-state index is 13.2. The van der Waals surface area contributed by atoms with Crippen molar-refractivity contribution in [1.82, 2.24) is 4.90 Å². The van der Waals surface area contributed by atoms with Gasteiger partial charge in [-0.3, -0.25) is 4.79 Å². The van der Waals surface area contributed by atoms with E-state index in [1.54, 1.807) is 4.90 Å². The van der Waals surface area contributed by atoms with Gasteiger partial charge < -0.3 is 14.7 Å². The normalized spacial score (nSPS) is 16.9. The van der Waals surface area contributed by atoms with Crippen molar-refractivity contribution in [1.29, 1.82) is 0 Å². The van der Waals surface area contributed by atoms with Crippen LogP contribution in [0.3, 0.4) is 0 Å². The summed E-state index contributed by atoms with van der Waals surface area (Å²) in [6.07, 6.45) is 2.38. The van der Waals surface area contributed by atoms with Crippen LogP contribution in [0.5, 0.6) is 5.75 Å². The molecule has 1 atom stereocenters. The van der Waals surface area contributed by atoms with Crippen LogP contribution in [-0.2, 0) is 4.79 Å². The van der Waals surface area contributed by atoms with E-state index >= 15 is 0 Å². The van der Waals surface area contributed by atoms with Gasteiger partial charge in [-0.15, -0.1) is 0 Å². The van der Waals surface area contributed by atoms with Crippen LogP contribution >= 0.6 is 0 Å². The highest BCUT2D eigenvalue weighted by atomic mass is 19.1. The van der Waals surface area contributed by atoms with Crippen LogP contribution in [0.1, 0.15) is 37.9 Å². The zero-order chi connectivity index (χ0) is 14.5. The summed E-state index contributed by atoms with van der Waals surface area (Å²) in [6, 6.07) is 3.93. The molecule has 0 aliphatic carbocycles. The molecule has 1 aromatic rings. The minimum atomic E-state index is -0.842. The van der Waals surface area contributed by atoms with E-state index < -0.39 is 11.9 Å². The fourth-order valence-corrected chi connectivity index (χ4v) is 2.35. The SMILES string of the molecule is C[C@@H](O)c1cc(F)ccc1OCC(=O)N1CCCCC1. The molecule has 1 N–H and O–H groups in total. The van der Waals surface area contributed by atoms with Gasteiger partial charge in [-0.2, -0.15) is 0 Å². The molecule has 0 bridgehead atoms. The highest BCUT2D eigenvalue weighted by Crippen LogP contribution is 2.26. The predicted molar refractivity (Wildman–Crippen MR) is 73.0 cm³/mol. The van der Waals surface area contributed by atoms with E-state index in [0.29, 0.717) is 11.3 Å². The molecule has 1 aliphatic heterocycles. The van der Waals surface area contributed by atoms with Crippen LogP contribution in [0.4, 0.5) is 4.39 Å². The summed E-state index contributed by atoms with van der Waals surface area (Å²) in [5.41, 5.74) is 0.358. The van der Waals surface area contributed by atoms with Crippen LogP contribution < -0.4 is 4.74 Å². The lowest BCUT2D eigenvalue weighted by molar-refractivity contribution is -0.134.